The smallest absolute Gasteiger partial charge is 0.407 e. The average Bonchev–Trinajstić information content (AvgIpc) is 3.29. The molecule has 25 heavy (non-hydrogen) atoms. The van der Waals surface area contributed by atoms with Gasteiger partial charge in [0.1, 0.15) is 5.60 Å². The second-order valence-corrected chi connectivity index (χ2v) is 7.79. The van der Waals surface area contributed by atoms with E-state index >= 15 is 0 Å². The number of alkyl carbamates (subject to hydrolysis) is 1. The van der Waals surface area contributed by atoms with E-state index in [-0.39, 0.29) is 24.4 Å². The largest absolute Gasteiger partial charge is 0.444 e. The molecule has 1 N–H and O–H groups in total. The number of hydrogen-bond acceptors (Lipinski definition) is 4. The number of carbonyl (C=O) groups is 3. The van der Waals surface area contributed by atoms with Crippen molar-refractivity contribution >= 4 is 17.9 Å². The number of imide groups is 1. The highest BCUT2D eigenvalue weighted by Crippen LogP contribution is 2.34. The number of ether oxygens (including phenoxy) is 1. The zero-order chi connectivity index (χ0) is 18.2. The molecule has 2 aliphatic rings. The topological polar surface area (TPSA) is 75.7 Å². The number of nitrogens with one attached hydrogen (secondary N) is 1. The molecular formula is C19H24N2O4. The Bertz CT molecular complexity index is 669. The number of rotatable bonds is 5. The van der Waals surface area contributed by atoms with Gasteiger partial charge in [0.15, 0.2) is 0 Å². The van der Waals surface area contributed by atoms with Crippen molar-refractivity contribution in [2.75, 3.05) is 6.54 Å². The summed E-state index contributed by atoms with van der Waals surface area (Å²) in [7, 11) is 0. The summed E-state index contributed by atoms with van der Waals surface area (Å²) in [5.41, 5.74) is 0.258. The first-order chi connectivity index (χ1) is 11.7. The van der Waals surface area contributed by atoms with Crippen LogP contribution in [-0.4, -0.2) is 41.0 Å². The van der Waals surface area contributed by atoms with Crippen molar-refractivity contribution in [1.82, 2.24) is 10.2 Å². The second-order valence-electron chi connectivity index (χ2n) is 7.79. The molecule has 0 saturated heterocycles. The maximum atomic E-state index is 12.5. The number of amides is 3. The third-order valence-corrected chi connectivity index (χ3v) is 4.32. The van der Waals surface area contributed by atoms with E-state index in [1.165, 1.54) is 4.90 Å². The van der Waals surface area contributed by atoms with Crippen molar-refractivity contribution in [2.24, 2.45) is 5.92 Å². The van der Waals surface area contributed by atoms with Gasteiger partial charge in [-0.2, -0.15) is 0 Å². The summed E-state index contributed by atoms with van der Waals surface area (Å²) in [4.78, 5) is 38.4. The highest BCUT2D eigenvalue weighted by molar-refractivity contribution is 6.21. The third-order valence-electron chi connectivity index (χ3n) is 4.32. The molecule has 1 aromatic carbocycles. The summed E-state index contributed by atoms with van der Waals surface area (Å²) < 4.78 is 5.31. The average molecular weight is 344 g/mol. The summed E-state index contributed by atoms with van der Waals surface area (Å²) in [6.07, 6.45) is 2.46. The van der Waals surface area contributed by atoms with Crippen LogP contribution in [0.15, 0.2) is 24.3 Å². The van der Waals surface area contributed by atoms with Crippen LogP contribution in [0, 0.1) is 5.92 Å². The van der Waals surface area contributed by atoms with E-state index in [1.807, 2.05) is 0 Å². The van der Waals surface area contributed by atoms with Gasteiger partial charge in [-0.1, -0.05) is 25.0 Å². The Labute approximate surface area is 147 Å². The molecule has 0 radical (unpaired) electrons. The maximum absolute atomic E-state index is 12.5. The Balaban J connectivity index is 1.69. The van der Waals surface area contributed by atoms with Crippen molar-refractivity contribution in [3.63, 3.8) is 0 Å². The van der Waals surface area contributed by atoms with E-state index in [2.05, 4.69) is 5.32 Å². The molecule has 1 aliphatic heterocycles. The minimum atomic E-state index is -0.594. The molecule has 6 heteroatoms. The predicted octanol–water partition coefficient (Wildman–Crippen LogP) is 2.98. The first kappa shape index (κ1) is 17.5. The van der Waals surface area contributed by atoms with Crippen LogP contribution in [-0.2, 0) is 4.74 Å². The molecule has 0 bridgehead atoms. The molecule has 1 atom stereocenters. The molecule has 1 saturated carbocycles. The Morgan fingerprint density at radius 2 is 1.76 bits per heavy atom. The van der Waals surface area contributed by atoms with Crippen LogP contribution >= 0.6 is 0 Å². The highest BCUT2D eigenvalue weighted by Gasteiger charge is 2.38. The summed E-state index contributed by atoms with van der Waals surface area (Å²) in [5.74, 6) is -0.0603. The first-order valence-electron chi connectivity index (χ1n) is 8.69. The lowest BCUT2D eigenvalue weighted by molar-refractivity contribution is 0.0462. The van der Waals surface area contributed by atoms with Crippen molar-refractivity contribution in [3.05, 3.63) is 35.4 Å². The summed E-state index contributed by atoms with van der Waals surface area (Å²) in [6, 6.07) is 6.51. The van der Waals surface area contributed by atoms with Gasteiger partial charge in [0, 0.05) is 6.54 Å². The SMILES string of the molecule is CC(C)(C)OC(=O)N[C@H](CC1CC1)CN1C(=O)c2ccccc2C1=O. The van der Waals surface area contributed by atoms with Crippen LogP contribution in [0.3, 0.4) is 0 Å². The zero-order valence-corrected chi connectivity index (χ0v) is 14.9. The lowest BCUT2D eigenvalue weighted by Gasteiger charge is -2.26. The number of carbonyl (C=O) groups excluding carboxylic acids is 3. The maximum Gasteiger partial charge on any atom is 0.407 e. The van der Waals surface area contributed by atoms with E-state index in [0.717, 1.165) is 19.3 Å². The van der Waals surface area contributed by atoms with E-state index < -0.39 is 11.7 Å². The molecule has 6 nitrogen and oxygen atoms in total. The van der Waals surface area contributed by atoms with Crippen LogP contribution in [0.2, 0.25) is 0 Å². The van der Waals surface area contributed by atoms with E-state index in [9.17, 15) is 14.4 Å². The summed E-state index contributed by atoms with van der Waals surface area (Å²) >= 11 is 0. The molecule has 0 aromatic heterocycles. The van der Waals surface area contributed by atoms with Gasteiger partial charge in [-0.3, -0.25) is 14.5 Å². The molecule has 134 valence electrons. The first-order valence-corrected chi connectivity index (χ1v) is 8.69. The quantitative estimate of drug-likeness (QED) is 0.833. The van der Waals surface area contributed by atoms with Crippen molar-refractivity contribution in [1.29, 1.82) is 0 Å². The Morgan fingerprint density at radius 1 is 1.20 bits per heavy atom. The van der Waals surface area contributed by atoms with Gasteiger partial charge in [0.25, 0.3) is 11.8 Å². The predicted molar refractivity (Wildman–Crippen MR) is 92.3 cm³/mol. The molecule has 1 aromatic rings. The van der Waals surface area contributed by atoms with Crippen LogP contribution in [0.25, 0.3) is 0 Å². The van der Waals surface area contributed by atoms with E-state index in [4.69, 9.17) is 4.74 Å². The molecule has 3 rings (SSSR count). The van der Waals surface area contributed by atoms with Gasteiger partial charge in [-0.05, 0) is 45.2 Å². The molecular weight excluding hydrogens is 320 g/mol. The monoisotopic (exact) mass is 344 g/mol. The third kappa shape index (κ3) is 4.18. The summed E-state index contributed by atoms with van der Waals surface area (Å²) in [5, 5.41) is 2.83. The molecule has 1 heterocycles. The number of fused-ring (bicyclic) bond motifs is 1. The van der Waals surface area contributed by atoms with E-state index in [1.54, 1.807) is 45.0 Å². The Hall–Kier alpha value is -2.37. The zero-order valence-electron chi connectivity index (χ0n) is 14.9. The Morgan fingerprint density at radius 3 is 2.24 bits per heavy atom. The van der Waals surface area contributed by atoms with E-state index in [0.29, 0.717) is 17.0 Å². The molecule has 0 spiro atoms. The standard InChI is InChI=1S/C19H24N2O4/c1-19(2,3)25-18(24)20-13(10-12-8-9-12)11-21-16(22)14-6-4-5-7-15(14)17(21)23/h4-7,12-13H,8-11H2,1-3H3,(H,20,24)/t13-/m1/s1. The van der Waals surface area contributed by atoms with Crippen LogP contribution in [0.5, 0.6) is 0 Å². The van der Waals surface area contributed by atoms with Crippen LogP contribution < -0.4 is 5.32 Å². The van der Waals surface area contributed by atoms with Crippen molar-refractivity contribution in [3.8, 4) is 0 Å². The Kier molecular flexibility index (Phi) is 4.54. The second kappa shape index (κ2) is 6.50. The number of hydrogen-bond donors (Lipinski definition) is 1. The van der Waals surface area contributed by atoms with Gasteiger partial charge in [0.2, 0.25) is 0 Å². The normalized spacial score (nSPS) is 18.1. The van der Waals surface area contributed by atoms with Crippen molar-refractivity contribution < 1.29 is 19.1 Å². The highest BCUT2D eigenvalue weighted by atomic mass is 16.6. The van der Waals surface area contributed by atoms with Crippen molar-refractivity contribution in [2.45, 2.75) is 51.7 Å². The van der Waals surface area contributed by atoms with Gasteiger partial charge in [0.05, 0.1) is 17.2 Å². The number of nitrogens with zero attached hydrogens (tertiary/aromatic N) is 1. The molecule has 3 amide bonds. The van der Waals surface area contributed by atoms with Gasteiger partial charge in [-0.15, -0.1) is 0 Å². The van der Waals surface area contributed by atoms with Gasteiger partial charge in [-0.25, -0.2) is 4.79 Å². The number of benzene rings is 1. The fraction of sp³-hybridized carbons (Fsp3) is 0.526. The fourth-order valence-corrected chi connectivity index (χ4v) is 3.03. The minimum Gasteiger partial charge on any atom is -0.444 e. The van der Waals surface area contributed by atoms with Gasteiger partial charge >= 0.3 is 6.09 Å². The lowest BCUT2D eigenvalue weighted by Crippen LogP contribution is -2.47. The molecule has 0 unspecified atom stereocenters. The van der Waals surface area contributed by atoms with Crippen LogP contribution in [0.4, 0.5) is 4.79 Å². The lowest BCUT2D eigenvalue weighted by atomic mass is 10.1. The van der Waals surface area contributed by atoms with Gasteiger partial charge < -0.3 is 10.1 Å². The molecule has 1 fully saturated rings. The fourth-order valence-electron chi connectivity index (χ4n) is 3.03. The van der Waals surface area contributed by atoms with Crippen LogP contribution in [0.1, 0.15) is 60.7 Å². The minimum absolute atomic E-state index is 0.169. The summed E-state index contributed by atoms with van der Waals surface area (Å²) in [6.45, 7) is 5.56. The molecule has 1 aliphatic carbocycles.